The standard InChI is InChI=1S/C19H24FNS2Si2/c1-24(2,3)16-12-11-15(22-16)17-19(25(4,5)6)21-18(23-17)13-7-9-14(20)10-8-13/h7-12H,1-6H3. The van der Waals surface area contributed by atoms with E-state index < -0.39 is 16.1 Å². The van der Waals surface area contributed by atoms with Gasteiger partial charge >= 0.3 is 0 Å². The molecule has 3 rings (SSSR count). The van der Waals surface area contributed by atoms with Crippen molar-refractivity contribution >= 4 is 48.6 Å². The molecule has 1 nitrogen and oxygen atoms in total. The number of hydrogen-bond donors (Lipinski definition) is 0. The van der Waals surface area contributed by atoms with Crippen LogP contribution in [0, 0.1) is 5.82 Å². The molecule has 0 saturated heterocycles. The summed E-state index contributed by atoms with van der Waals surface area (Å²) in [5.74, 6) is -0.205. The van der Waals surface area contributed by atoms with Gasteiger partial charge in [0.2, 0.25) is 0 Å². The highest BCUT2D eigenvalue weighted by molar-refractivity contribution is 7.31. The van der Waals surface area contributed by atoms with Crippen LogP contribution in [0.2, 0.25) is 39.3 Å². The number of hydrogen-bond acceptors (Lipinski definition) is 3. The molecule has 0 spiro atoms. The third-order valence-corrected chi connectivity index (χ3v) is 11.9. The molecule has 0 unspecified atom stereocenters. The summed E-state index contributed by atoms with van der Waals surface area (Å²) < 4.78 is 14.8. The van der Waals surface area contributed by atoms with Gasteiger partial charge in [0, 0.05) is 15.8 Å². The number of halogens is 1. The largest absolute Gasteiger partial charge is 0.245 e. The zero-order valence-corrected chi connectivity index (χ0v) is 19.2. The van der Waals surface area contributed by atoms with Crippen LogP contribution in [0.5, 0.6) is 0 Å². The molecule has 0 radical (unpaired) electrons. The summed E-state index contributed by atoms with van der Waals surface area (Å²) in [6.07, 6.45) is 0. The Kier molecular flexibility index (Phi) is 4.92. The Bertz CT molecular complexity index is 884. The minimum atomic E-state index is -1.58. The lowest BCUT2D eigenvalue weighted by Gasteiger charge is -2.15. The van der Waals surface area contributed by atoms with Gasteiger partial charge in [-0.1, -0.05) is 45.3 Å². The van der Waals surface area contributed by atoms with Crippen LogP contribution in [0.3, 0.4) is 0 Å². The van der Waals surface area contributed by atoms with Crippen molar-refractivity contribution in [2.24, 2.45) is 0 Å². The summed E-state index contributed by atoms with van der Waals surface area (Å²) in [4.78, 5) is 7.65. The van der Waals surface area contributed by atoms with E-state index in [0.29, 0.717) is 0 Å². The van der Waals surface area contributed by atoms with E-state index in [9.17, 15) is 4.39 Å². The summed E-state index contributed by atoms with van der Waals surface area (Å²) in [6, 6.07) is 11.3. The summed E-state index contributed by atoms with van der Waals surface area (Å²) in [5, 5.41) is 2.26. The zero-order chi connectivity index (χ0) is 18.4. The average molecular weight is 406 g/mol. The topological polar surface area (TPSA) is 12.9 Å². The van der Waals surface area contributed by atoms with E-state index in [0.717, 1.165) is 10.6 Å². The van der Waals surface area contributed by atoms with Crippen LogP contribution < -0.4 is 9.82 Å². The molecule has 2 aromatic heterocycles. The summed E-state index contributed by atoms with van der Waals surface area (Å²) in [7, 11) is -2.88. The third kappa shape index (κ3) is 4.02. The molecule has 0 aliphatic rings. The lowest BCUT2D eigenvalue weighted by Crippen LogP contribution is -2.39. The molecule has 0 saturated carbocycles. The second-order valence-corrected chi connectivity index (χ2v) is 20.8. The molecule has 25 heavy (non-hydrogen) atoms. The van der Waals surface area contributed by atoms with Gasteiger partial charge in [0.15, 0.2) is 0 Å². The molecule has 6 heteroatoms. The maximum absolute atomic E-state index is 13.3. The maximum Gasteiger partial charge on any atom is 0.123 e. The fourth-order valence-electron chi connectivity index (χ4n) is 2.57. The van der Waals surface area contributed by atoms with Crippen molar-refractivity contribution in [3.63, 3.8) is 0 Å². The first-order valence-electron chi connectivity index (χ1n) is 8.43. The first-order chi connectivity index (χ1) is 11.6. The molecule has 2 heterocycles. The SMILES string of the molecule is C[Si](C)(C)c1ccc(-c2sc(-c3ccc(F)cc3)nc2[Si](C)(C)C)s1. The maximum atomic E-state index is 13.3. The van der Waals surface area contributed by atoms with Crippen LogP contribution in [0.15, 0.2) is 36.4 Å². The number of thiazole rings is 1. The average Bonchev–Trinajstić information content (AvgIpc) is 3.13. The van der Waals surface area contributed by atoms with E-state index >= 15 is 0 Å². The van der Waals surface area contributed by atoms with E-state index in [2.05, 4.69) is 51.4 Å². The highest BCUT2D eigenvalue weighted by Gasteiger charge is 2.28. The van der Waals surface area contributed by atoms with E-state index in [1.165, 1.54) is 31.7 Å². The number of benzene rings is 1. The normalized spacial score (nSPS) is 12.6. The Balaban J connectivity index is 2.12. The highest BCUT2D eigenvalue weighted by Crippen LogP contribution is 2.35. The van der Waals surface area contributed by atoms with Crippen LogP contribution in [0.25, 0.3) is 20.3 Å². The quantitative estimate of drug-likeness (QED) is 0.502. The van der Waals surface area contributed by atoms with Gasteiger partial charge < -0.3 is 0 Å². The van der Waals surface area contributed by atoms with Crippen LogP contribution in [-0.4, -0.2) is 21.1 Å². The second-order valence-electron chi connectivity index (χ2n) is 8.37. The van der Waals surface area contributed by atoms with Gasteiger partial charge in [-0.3, -0.25) is 0 Å². The monoisotopic (exact) mass is 405 g/mol. The molecule has 0 aliphatic heterocycles. The van der Waals surface area contributed by atoms with Gasteiger partial charge in [-0.25, -0.2) is 9.37 Å². The molecule has 0 atom stereocenters. The van der Waals surface area contributed by atoms with Crippen molar-refractivity contribution in [2.75, 3.05) is 0 Å². The lowest BCUT2D eigenvalue weighted by atomic mass is 10.2. The summed E-state index contributed by atoms with van der Waals surface area (Å²) in [6.45, 7) is 14.2. The Morgan fingerprint density at radius 3 is 1.96 bits per heavy atom. The van der Waals surface area contributed by atoms with Crippen molar-refractivity contribution in [2.45, 2.75) is 39.3 Å². The number of rotatable bonds is 4. The molecule has 3 aromatic rings. The Morgan fingerprint density at radius 1 is 0.800 bits per heavy atom. The van der Waals surface area contributed by atoms with E-state index in [4.69, 9.17) is 4.98 Å². The van der Waals surface area contributed by atoms with Crippen LogP contribution in [0.1, 0.15) is 0 Å². The van der Waals surface area contributed by atoms with Crippen molar-refractivity contribution in [1.82, 2.24) is 4.98 Å². The van der Waals surface area contributed by atoms with Crippen LogP contribution in [0.4, 0.5) is 4.39 Å². The first-order valence-corrected chi connectivity index (χ1v) is 17.1. The molecular weight excluding hydrogens is 382 g/mol. The predicted molar refractivity (Wildman–Crippen MR) is 117 cm³/mol. The van der Waals surface area contributed by atoms with Crippen molar-refractivity contribution in [3.05, 3.63) is 42.2 Å². The van der Waals surface area contributed by atoms with Gasteiger partial charge in [-0.05, 0) is 34.8 Å². The highest BCUT2D eigenvalue weighted by atomic mass is 32.1. The van der Waals surface area contributed by atoms with Crippen molar-refractivity contribution in [3.8, 4) is 20.3 Å². The van der Waals surface area contributed by atoms with E-state index in [-0.39, 0.29) is 5.82 Å². The molecule has 0 bridgehead atoms. The summed E-state index contributed by atoms with van der Waals surface area (Å²) >= 11 is 3.68. The molecule has 0 N–H and O–H groups in total. The molecule has 132 valence electrons. The fourth-order valence-corrected chi connectivity index (χ4v) is 9.06. The molecular formula is C19H24FNS2Si2. The summed E-state index contributed by atoms with van der Waals surface area (Å²) in [5.41, 5.74) is 0.999. The lowest BCUT2D eigenvalue weighted by molar-refractivity contribution is 0.628. The Hall–Kier alpha value is -1.09. The molecule has 1 aromatic carbocycles. The molecule has 0 fully saturated rings. The minimum absolute atomic E-state index is 0.205. The van der Waals surface area contributed by atoms with Crippen LogP contribution >= 0.6 is 22.7 Å². The van der Waals surface area contributed by atoms with Gasteiger partial charge in [0.1, 0.15) is 18.9 Å². The smallest absolute Gasteiger partial charge is 0.123 e. The van der Waals surface area contributed by atoms with Crippen LogP contribution in [-0.2, 0) is 0 Å². The van der Waals surface area contributed by atoms with Gasteiger partial charge in [0.25, 0.3) is 0 Å². The Morgan fingerprint density at radius 2 is 1.44 bits per heavy atom. The Labute approximate surface area is 159 Å². The predicted octanol–water partition coefficient (Wildman–Crippen LogP) is 5.77. The van der Waals surface area contributed by atoms with E-state index in [1.807, 2.05) is 23.5 Å². The van der Waals surface area contributed by atoms with Crippen molar-refractivity contribution < 1.29 is 4.39 Å². The number of nitrogens with zero attached hydrogens (tertiary/aromatic N) is 1. The van der Waals surface area contributed by atoms with Gasteiger partial charge in [0.05, 0.1) is 13.0 Å². The van der Waals surface area contributed by atoms with E-state index in [1.54, 1.807) is 11.3 Å². The van der Waals surface area contributed by atoms with Gasteiger partial charge in [-0.2, -0.15) is 0 Å². The van der Waals surface area contributed by atoms with Gasteiger partial charge in [-0.15, -0.1) is 22.7 Å². The second kappa shape index (κ2) is 6.57. The van der Waals surface area contributed by atoms with Crippen molar-refractivity contribution in [1.29, 1.82) is 0 Å². The third-order valence-electron chi connectivity index (χ3n) is 4.00. The molecule has 0 amide bonds. The molecule has 0 aliphatic carbocycles. The zero-order valence-electron chi connectivity index (χ0n) is 15.6. The number of aromatic nitrogens is 1. The fraction of sp³-hybridized carbons (Fsp3) is 0.316. The number of thiophene rings is 1. The minimum Gasteiger partial charge on any atom is -0.245 e. The first kappa shape index (κ1) is 18.7.